The van der Waals surface area contributed by atoms with Crippen LogP contribution in [0.4, 0.5) is 0 Å². The van der Waals surface area contributed by atoms with Gasteiger partial charge in [-0.3, -0.25) is 4.79 Å². The fourth-order valence-electron chi connectivity index (χ4n) is 2.61. The minimum Gasteiger partial charge on any atom is -0.316 e. The van der Waals surface area contributed by atoms with Gasteiger partial charge in [-0.15, -0.1) is 11.3 Å². The lowest BCUT2D eigenvalue weighted by atomic mass is 9.83. The summed E-state index contributed by atoms with van der Waals surface area (Å²) in [5, 5.41) is 5.44. The fourth-order valence-corrected chi connectivity index (χ4v) is 3.32. The van der Waals surface area contributed by atoms with Crippen LogP contribution in [0.1, 0.15) is 41.4 Å². The van der Waals surface area contributed by atoms with E-state index in [0.29, 0.717) is 24.0 Å². The number of ketones is 1. The summed E-state index contributed by atoms with van der Waals surface area (Å²) >= 11 is 1.66. The highest BCUT2D eigenvalue weighted by Gasteiger charge is 2.23. The zero-order chi connectivity index (χ0) is 12.3. The van der Waals surface area contributed by atoms with Gasteiger partial charge in [0.25, 0.3) is 0 Å². The topological polar surface area (TPSA) is 29.1 Å². The molecule has 0 saturated carbocycles. The Morgan fingerprint density at radius 3 is 3.06 bits per heavy atom. The maximum Gasteiger partial charge on any atom is 0.164 e. The molecule has 2 nitrogen and oxygen atoms in total. The third-order valence-electron chi connectivity index (χ3n) is 3.81. The molecule has 1 saturated heterocycles. The van der Waals surface area contributed by atoms with E-state index in [1.54, 1.807) is 11.3 Å². The number of piperidine rings is 1. The molecule has 94 valence electrons. The molecular formula is C14H21NOS. The number of thiophene rings is 1. The van der Waals surface area contributed by atoms with E-state index >= 15 is 0 Å². The molecule has 0 amide bonds. The van der Waals surface area contributed by atoms with E-state index in [1.807, 2.05) is 18.4 Å². The first-order chi connectivity index (χ1) is 8.18. The van der Waals surface area contributed by atoms with Gasteiger partial charge in [-0.1, -0.05) is 6.92 Å². The number of carbonyl (C=O) groups is 1. The first-order valence-corrected chi connectivity index (χ1v) is 7.34. The molecule has 1 aromatic heterocycles. The zero-order valence-electron chi connectivity index (χ0n) is 10.7. The van der Waals surface area contributed by atoms with E-state index in [9.17, 15) is 4.79 Å². The van der Waals surface area contributed by atoms with Crippen molar-refractivity contribution >= 4 is 17.1 Å². The lowest BCUT2D eigenvalue weighted by Gasteiger charge is -2.27. The summed E-state index contributed by atoms with van der Waals surface area (Å²) in [6, 6.07) is 1.97. The quantitative estimate of drug-likeness (QED) is 0.832. The molecule has 3 heteroatoms. The van der Waals surface area contributed by atoms with E-state index in [4.69, 9.17) is 0 Å². The van der Waals surface area contributed by atoms with E-state index in [0.717, 1.165) is 23.5 Å². The molecule has 2 heterocycles. The van der Waals surface area contributed by atoms with Crippen molar-refractivity contribution in [3.8, 4) is 0 Å². The van der Waals surface area contributed by atoms with E-state index < -0.39 is 0 Å². The molecule has 0 aromatic carbocycles. The lowest BCUT2D eigenvalue weighted by Crippen LogP contribution is -2.34. The monoisotopic (exact) mass is 251 g/mol. The normalized spacial score (nSPS) is 22.4. The van der Waals surface area contributed by atoms with Crippen LogP contribution in [0.15, 0.2) is 11.4 Å². The number of hydrogen-bond donors (Lipinski definition) is 1. The lowest BCUT2D eigenvalue weighted by molar-refractivity contribution is 0.0943. The summed E-state index contributed by atoms with van der Waals surface area (Å²) in [4.78, 5) is 13.3. The van der Waals surface area contributed by atoms with Crippen LogP contribution in [0.25, 0.3) is 0 Å². The van der Waals surface area contributed by atoms with Crippen LogP contribution in [0.3, 0.4) is 0 Å². The summed E-state index contributed by atoms with van der Waals surface area (Å²) in [5.41, 5.74) is 0.936. The highest BCUT2D eigenvalue weighted by Crippen LogP contribution is 2.25. The Hall–Kier alpha value is -0.670. The van der Waals surface area contributed by atoms with Crippen LogP contribution in [-0.2, 0) is 0 Å². The van der Waals surface area contributed by atoms with Gasteiger partial charge in [-0.05, 0) is 56.1 Å². The highest BCUT2D eigenvalue weighted by atomic mass is 32.1. The van der Waals surface area contributed by atoms with Crippen molar-refractivity contribution in [2.75, 3.05) is 13.1 Å². The Bertz CT molecular complexity index is 379. The fraction of sp³-hybridized carbons (Fsp3) is 0.643. The maximum absolute atomic E-state index is 12.2. The predicted octanol–water partition coefficient (Wildman–Crippen LogP) is 3.27. The molecule has 1 aliphatic heterocycles. The summed E-state index contributed by atoms with van der Waals surface area (Å²) in [6.07, 6.45) is 3.22. The van der Waals surface area contributed by atoms with Gasteiger partial charge in [0.1, 0.15) is 0 Å². The molecule has 1 aliphatic rings. The average molecular weight is 251 g/mol. The van der Waals surface area contributed by atoms with Crippen LogP contribution in [0.5, 0.6) is 0 Å². The molecule has 2 rings (SSSR count). The first kappa shape index (κ1) is 12.8. The summed E-state index contributed by atoms with van der Waals surface area (Å²) in [5.74, 6) is 1.49. The van der Waals surface area contributed by atoms with Crippen LogP contribution in [0, 0.1) is 18.8 Å². The first-order valence-electron chi connectivity index (χ1n) is 6.46. The Kier molecular flexibility index (Phi) is 4.35. The zero-order valence-corrected chi connectivity index (χ0v) is 11.5. The highest BCUT2D eigenvalue weighted by molar-refractivity contribution is 7.10. The van der Waals surface area contributed by atoms with Crippen molar-refractivity contribution in [3.63, 3.8) is 0 Å². The van der Waals surface area contributed by atoms with Gasteiger partial charge in [0.15, 0.2) is 5.78 Å². The molecule has 17 heavy (non-hydrogen) atoms. The number of Topliss-reactive ketones (excluding diaryl/α,β-unsaturated/α-hetero) is 1. The Morgan fingerprint density at radius 1 is 1.65 bits per heavy atom. The Morgan fingerprint density at radius 2 is 2.47 bits per heavy atom. The number of nitrogens with one attached hydrogen (secondary N) is 1. The van der Waals surface area contributed by atoms with Crippen molar-refractivity contribution in [1.82, 2.24) is 5.32 Å². The van der Waals surface area contributed by atoms with Crippen molar-refractivity contribution in [2.45, 2.75) is 33.1 Å². The van der Waals surface area contributed by atoms with Gasteiger partial charge in [0.2, 0.25) is 0 Å². The molecule has 1 aromatic rings. The largest absolute Gasteiger partial charge is 0.316 e. The molecule has 1 N–H and O–H groups in total. The second-order valence-electron chi connectivity index (χ2n) is 5.10. The van der Waals surface area contributed by atoms with E-state index in [2.05, 4.69) is 12.2 Å². The van der Waals surface area contributed by atoms with Crippen LogP contribution in [0.2, 0.25) is 0 Å². The van der Waals surface area contributed by atoms with Crippen LogP contribution in [-0.4, -0.2) is 18.9 Å². The van der Waals surface area contributed by atoms with Crippen molar-refractivity contribution in [1.29, 1.82) is 0 Å². The van der Waals surface area contributed by atoms with Gasteiger partial charge in [-0.25, -0.2) is 0 Å². The number of rotatable bonds is 4. The Balaban J connectivity index is 1.92. The minimum absolute atomic E-state index is 0.321. The summed E-state index contributed by atoms with van der Waals surface area (Å²) in [7, 11) is 0. The molecule has 1 fully saturated rings. The van der Waals surface area contributed by atoms with E-state index in [1.165, 1.54) is 12.8 Å². The molecule has 0 spiro atoms. The van der Waals surface area contributed by atoms with Crippen LogP contribution < -0.4 is 5.32 Å². The third-order valence-corrected chi connectivity index (χ3v) is 4.65. The molecule has 0 radical (unpaired) electrons. The van der Waals surface area contributed by atoms with Gasteiger partial charge >= 0.3 is 0 Å². The third kappa shape index (κ3) is 3.17. The number of hydrogen-bond acceptors (Lipinski definition) is 3. The van der Waals surface area contributed by atoms with Gasteiger partial charge < -0.3 is 5.32 Å². The SMILES string of the molecule is Cc1sccc1C(=O)CC(C)C1CCCNC1. The molecular weight excluding hydrogens is 230 g/mol. The summed E-state index contributed by atoms with van der Waals surface area (Å²) in [6.45, 7) is 6.47. The van der Waals surface area contributed by atoms with Gasteiger partial charge in [-0.2, -0.15) is 0 Å². The second kappa shape index (κ2) is 5.78. The standard InChI is InChI=1S/C14H21NOS/c1-10(12-4-3-6-15-9-12)8-14(16)13-5-7-17-11(13)2/h5,7,10,12,15H,3-4,6,8-9H2,1-2H3. The summed E-state index contributed by atoms with van der Waals surface area (Å²) < 4.78 is 0. The average Bonchev–Trinajstić information content (AvgIpc) is 2.76. The van der Waals surface area contributed by atoms with Gasteiger partial charge in [0, 0.05) is 16.9 Å². The maximum atomic E-state index is 12.2. The molecule has 2 atom stereocenters. The molecule has 2 unspecified atom stereocenters. The molecule has 0 aliphatic carbocycles. The molecule has 0 bridgehead atoms. The second-order valence-corrected chi connectivity index (χ2v) is 6.22. The van der Waals surface area contributed by atoms with Crippen molar-refractivity contribution in [2.24, 2.45) is 11.8 Å². The van der Waals surface area contributed by atoms with Crippen molar-refractivity contribution in [3.05, 3.63) is 21.9 Å². The number of carbonyl (C=O) groups excluding carboxylic acids is 1. The van der Waals surface area contributed by atoms with Crippen LogP contribution >= 0.6 is 11.3 Å². The Labute approximate surface area is 107 Å². The van der Waals surface area contributed by atoms with Crippen molar-refractivity contribution < 1.29 is 4.79 Å². The van der Waals surface area contributed by atoms with Gasteiger partial charge in [0.05, 0.1) is 0 Å². The smallest absolute Gasteiger partial charge is 0.164 e. The minimum atomic E-state index is 0.321. The number of aryl methyl sites for hydroxylation is 1. The van der Waals surface area contributed by atoms with E-state index in [-0.39, 0.29) is 0 Å². The predicted molar refractivity (Wildman–Crippen MR) is 72.8 cm³/mol.